The van der Waals surface area contributed by atoms with Crippen molar-refractivity contribution in [2.45, 2.75) is 24.7 Å². The molecular formula is C16H19N5O4S2. The second-order valence-electron chi connectivity index (χ2n) is 6.39. The van der Waals surface area contributed by atoms with E-state index in [4.69, 9.17) is 12.2 Å². The molecule has 0 radical (unpaired) electrons. The third kappa shape index (κ3) is 4.31. The molecule has 1 saturated heterocycles. The van der Waals surface area contributed by atoms with E-state index in [9.17, 15) is 18.3 Å². The van der Waals surface area contributed by atoms with Crippen molar-refractivity contribution in [2.24, 2.45) is 16.1 Å². The van der Waals surface area contributed by atoms with Crippen LogP contribution in [0.25, 0.3) is 0 Å². The zero-order valence-electron chi connectivity index (χ0n) is 14.5. The number of benzene rings is 1. The third-order valence-corrected chi connectivity index (χ3v) is 6.50. The average molecular weight is 409 g/mol. The Labute approximate surface area is 160 Å². The molecular weight excluding hydrogens is 390 g/mol. The summed E-state index contributed by atoms with van der Waals surface area (Å²) in [5.41, 5.74) is -0.663. The number of aromatic amines is 2. The van der Waals surface area contributed by atoms with E-state index < -0.39 is 21.5 Å². The number of piperidine rings is 1. The van der Waals surface area contributed by atoms with E-state index in [-0.39, 0.29) is 15.4 Å². The first kappa shape index (κ1) is 19.4. The van der Waals surface area contributed by atoms with Gasteiger partial charge in [0.15, 0.2) is 4.77 Å². The Morgan fingerprint density at radius 3 is 2.37 bits per heavy atom. The van der Waals surface area contributed by atoms with Crippen LogP contribution in [0.2, 0.25) is 0 Å². The van der Waals surface area contributed by atoms with Gasteiger partial charge in [-0.1, -0.05) is 6.92 Å². The molecule has 2 heterocycles. The van der Waals surface area contributed by atoms with Crippen molar-refractivity contribution in [1.82, 2.24) is 14.3 Å². The number of hydrogen-bond acceptors (Lipinski definition) is 7. The van der Waals surface area contributed by atoms with Gasteiger partial charge in [-0.3, -0.25) is 9.78 Å². The monoisotopic (exact) mass is 409 g/mol. The second-order valence-corrected chi connectivity index (χ2v) is 8.73. The number of nitrogens with zero attached hydrogens (tertiary/aromatic N) is 3. The van der Waals surface area contributed by atoms with E-state index >= 15 is 0 Å². The molecule has 1 aliphatic rings. The third-order valence-electron chi connectivity index (χ3n) is 4.38. The van der Waals surface area contributed by atoms with Crippen molar-refractivity contribution < 1.29 is 13.5 Å². The Morgan fingerprint density at radius 2 is 1.78 bits per heavy atom. The first-order valence-electron chi connectivity index (χ1n) is 8.35. The maximum atomic E-state index is 12.7. The number of sulfonamides is 1. The summed E-state index contributed by atoms with van der Waals surface area (Å²) >= 11 is 4.73. The number of azo groups is 1. The minimum atomic E-state index is -3.54. The molecule has 9 nitrogen and oxygen atoms in total. The van der Waals surface area contributed by atoms with E-state index in [1.165, 1.54) is 28.6 Å². The predicted octanol–water partition coefficient (Wildman–Crippen LogP) is 2.97. The summed E-state index contributed by atoms with van der Waals surface area (Å²) in [6.07, 6.45) is 1.70. The molecule has 3 N–H and O–H groups in total. The van der Waals surface area contributed by atoms with Crippen LogP contribution >= 0.6 is 12.2 Å². The molecule has 0 amide bonds. The van der Waals surface area contributed by atoms with Gasteiger partial charge in [0.1, 0.15) is 0 Å². The van der Waals surface area contributed by atoms with Gasteiger partial charge in [0.2, 0.25) is 21.6 Å². The first-order valence-corrected chi connectivity index (χ1v) is 10.2. The van der Waals surface area contributed by atoms with Crippen molar-refractivity contribution in [2.75, 3.05) is 13.1 Å². The van der Waals surface area contributed by atoms with Crippen molar-refractivity contribution in [1.29, 1.82) is 0 Å². The molecule has 0 atom stereocenters. The van der Waals surface area contributed by atoms with Crippen molar-refractivity contribution in [3.63, 3.8) is 0 Å². The SMILES string of the molecule is CC1CCN(S(=O)(=O)c2ccc(N=Nc3c(O)[nH]c(=S)[nH]c3=O)cc2)CC1. The molecule has 0 aliphatic carbocycles. The highest BCUT2D eigenvalue weighted by Crippen LogP contribution is 2.26. The van der Waals surface area contributed by atoms with Crippen LogP contribution < -0.4 is 5.56 Å². The average Bonchev–Trinajstić information content (AvgIpc) is 2.61. The normalized spacial score (nSPS) is 16.8. The molecule has 27 heavy (non-hydrogen) atoms. The molecule has 0 spiro atoms. The van der Waals surface area contributed by atoms with E-state index in [0.29, 0.717) is 24.7 Å². The molecule has 3 rings (SSSR count). The Kier molecular flexibility index (Phi) is 5.53. The summed E-state index contributed by atoms with van der Waals surface area (Å²) in [4.78, 5) is 16.6. The number of hydrogen-bond donors (Lipinski definition) is 3. The maximum absolute atomic E-state index is 12.7. The summed E-state index contributed by atoms with van der Waals surface area (Å²) in [5, 5.41) is 17.2. The molecule has 11 heteroatoms. The van der Waals surface area contributed by atoms with Gasteiger partial charge in [-0.15, -0.1) is 5.11 Å². The number of aromatic nitrogens is 2. The van der Waals surface area contributed by atoms with Gasteiger partial charge in [-0.2, -0.15) is 9.42 Å². The Bertz CT molecular complexity index is 1070. The second kappa shape index (κ2) is 7.71. The van der Waals surface area contributed by atoms with Crippen LogP contribution in [0.3, 0.4) is 0 Å². The molecule has 1 aromatic heterocycles. The quantitative estimate of drug-likeness (QED) is 0.528. The lowest BCUT2D eigenvalue weighted by atomic mass is 10.0. The fourth-order valence-corrected chi connectivity index (χ4v) is 4.39. The molecule has 0 saturated carbocycles. The molecule has 1 aliphatic heterocycles. The van der Waals surface area contributed by atoms with Crippen LogP contribution in [-0.2, 0) is 10.0 Å². The standard InChI is InChI=1S/C16H19N5O4S2/c1-10-6-8-21(9-7-10)27(24,25)12-4-2-11(3-5-12)19-20-13-14(22)17-16(26)18-15(13)23/h2-5,10H,6-9H2,1H3,(H3,17,18,22,23,26). The van der Waals surface area contributed by atoms with Gasteiger partial charge < -0.3 is 10.1 Å². The zero-order chi connectivity index (χ0) is 19.6. The van der Waals surface area contributed by atoms with E-state index in [2.05, 4.69) is 27.1 Å². The number of nitrogens with one attached hydrogen (secondary N) is 2. The molecule has 0 bridgehead atoms. The molecule has 1 aromatic carbocycles. The van der Waals surface area contributed by atoms with Gasteiger partial charge in [0, 0.05) is 13.1 Å². The van der Waals surface area contributed by atoms with Crippen LogP contribution in [0.4, 0.5) is 11.4 Å². The number of aromatic hydroxyl groups is 1. The number of rotatable bonds is 4. The van der Waals surface area contributed by atoms with Crippen LogP contribution in [0, 0.1) is 10.7 Å². The minimum Gasteiger partial charge on any atom is -0.493 e. The summed E-state index contributed by atoms with van der Waals surface area (Å²) in [6.45, 7) is 3.15. The highest BCUT2D eigenvalue weighted by molar-refractivity contribution is 7.89. The van der Waals surface area contributed by atoms with Crippen LogP contribution in [-0.4, -0.2) is 40.9 Å². The van der Waals surface area contributed by atoms with Crippen LogP contribution in [0.5, 0.6) is 5.88 Å². The van der Waals surface area contributed by atoms with Gasteiger partial charge in [0.05, 0.1) is 10.6 Å². The fraction of sp³-hybridized carbons (Fsp3) is 0.375. The molecule has 2 aromatic rings. The predicted molar refractivity (Wildman–Crippen MR) is 102 cm³/mol. The van der Waals surface area contributed by atoms with E-state index in [0.717, 1.165) is 12.8 Å². The van der Waals surface area contributed by atoms with Gasteiger partial charge in [-0.25, -0.2) is 8.42 Å². The largest absolute Gasteiger partial charge is 0.493 e. The zero-order valence-corrected chi connectivity index (χ0v) is 16.2. The minimum absolute atomic E-state index is 0.0295. The highest BCUT2D eigenvalue weighted by Gasteiger charge is 2.27. The summed E-state index contributed by atoms with van der Waals surface area (Å²) in [7, 11) is -3.54. The van der Waals surface area contributed by atoms with Gasteiger partial charge in [-0.05, 0) is 55.2 Å². The summed E-state index contributed by atoms with van der Waals surface area (Å²) in [6, 6.07) is 5.87. The van der Waals surface area contributed by atoms with Crippen LogP contribution in [0.1, 0.15) is 19.8 Å². The van der Waals surface area contributed by atoms with E-state index in [1.807, 2.05) is 0 Å². The Balaban J connectivity index is 1.80. The fourth-order valence-electron chi connectivity index (χ4n) is 2.73. The summed E-state index contributed by atoms with van der Waals surface area (Å²) in [5.74, 6) is 0.0387. The lowest BCUT2D eigenvalue weighted by Crippen LogP contribution is -2.37. The summed E-state index contributed by atoms with van der Waals surface area (Å²) < 4.78 is 26.8. The van der Waals surface area contributed by atoms with E-state index in [1.54, 1.807) is 0 Å². The Hall–Kier alpha value is -2.37. The van der Waals surface area contributed by atoms with Gasteiger partial charge >= 0.3 is 0 Å². The van der Waals surface area contributed by atoms with Crippen molar-refractivity contribution in [3.05, 3.63) is 39.4 Å². The first-order chi connectivity index (χ1) is 12.8. The Morgan fingerprint density at radius 1 is 1.15 bits per heavy atom. The van der Waals surface area contributed by atoms with Crippen LogP contribution in [0.15, 0.2) is 44.2 Å². The lowest BCUT2D eigenvalue weighted by Gasteiger charge is -2.29. The number of H-pyrrole nitrogens is 2. The maximum Gasteiger partial charge on any atom is 0.283 e. The van der Waals surface area contributed by atoms with Gasteiger partial charge in [0.25, 0.3) is 5.56 Å². The molecule has 0 unspecified atom stereocenters. The smallest absolute Gasteiger partial charge is 0.283 e. The molecule has 144 valence electrons. The molecule has 1 fully saturated rings. The van der Waals surface area contributed by atoms with Crippen molar-refractivity contribution in [3.8, 4) is 5.88 Å². The highest BCUT2D eigenvalue weighted by atomic mass is 32.2. The lowest BCUT2D eigenvalue weighted by molar-refractivity contribution is 0.288. The topological polar surface area (TPSA) is 131 Å². The van der Waals surface area contributed by atoms with Crippen molar-refractivity contribution >= 4 is 33.6 Å².